The number of guanidine groups is 1. The van der Waals surface area contributed by atoms with E-state index in [1.807, 2.05) is 0 Å². The molecule has 0 aromatic rings. The van der Waals surface area contributed by atoms with Crippen LogP contribution in [-0.2, 0) is 19.1 Å². The maximum atomic E-state index is 15.0. The first-order chi connectivity index (χ1) is 12.5. The summed E-state index contributed by atoms with van der Waals surface area (Å²) < 4.78 is 24.4. The molecule has 0 saturated carbocycles. The van der Waals surface area contributed by atoms with Crippen molar-refractivity contribution in [3.05, 3.63) is 0 Å². The number of hydrogen-bond donors (Lipinski definition) is 5. The number of esters is 1. The summed E-state index contributed by atoms with van der Waals surface area (Å²) in [6.07, 6.45) is -1.79. The lowest BCUT2D eigenvalue weighted by atomic mass is 9.91. The third-order valence-electron chi connectivity index (χ3n) is 3.98. The second-order valence-corrected chi connectivity index (χ2v) is 6.25. The average Bonchev–Trinajstić information content (AvgIpc) is 2.58. The largest absolute Gasteiger partial charge is 0.462 e. The molecule has 0 aromatic heterocycles. The molecule has 5 atom stereocenters. The maximum Gasteiger partial charge on any atom is 0.372 e. The number of nitrogens with one attached hydrogen (secondary N) is 1. The lowest BCUT2D eigenvalue weighted by Gasteiger charge is -2.32. The van der Waals surface area contributed by atoms with E-state index < -0.39 is 54.2 Å². The molecule has 0 aliphatic rings. The maximum absolute atomic E-state index is 15.0. The molecule has 158 valence electrons. The molecule has 0 radical (unpaired) electrons. The SMILES string of the molecule is CCOC(=O)[C@@](F)(CC(N=C(N)N)[C@H](C[C@H](O)[C@H](C)CO)NC(C)=O)OC. The number of aliphatic hydroxyl groups is 2. The van der Waals surface area contributed by atoms with Gasteiger partial charge in [-0.3, -0.25) is 4.79 Å². The fourth-order valence-electron chi connectivity index (χ4n) is 2.41. The summed E-state index contributed by atoms with van der Waals surface area (Å²) in [6.45, 7) is 3.97. The van der Waals surface area contributed by atoms with E-state index in [1.54, 1.807) is 6.92 Å². The number of rotatable bonds is 12. The summed E-state index contributed by atoms with van der Waals surface area (Å²) in [7, 11) is 0.986. The normalized spacial score (nSPS) is 17.7. The van der Waals surface area contributed by atoms with Crippen LogP contribution in [0.4, 0.5) is 4.39 Å². The van der Waals surface area contributed by atoms with E-state index in [0.717, 1.165) is 7.11 Å². The van der Waals surface area contributed by atoms with Gasteiger partial charge in [-0.25, -0.2) is 9.79 Å². The highest BCUT2D eigenvalue weighted by molar-refractivity contribution is 5.79. The van der Waals surface area contributed by atoms with Gasteiger partial charge in [-0.15, -0.1) is 0 Å². The number of methoxy groups -OCH3 is 1. The van der Waals surface area contributed by atoms with Crippen LogP contribution in [0, 0.1) is 5.92 Å². The van der Waals surface area contributed by atoms with Crippen molar-refractivity contribution in [2.24, 2.45) is 22.4 Å². The first kappa shape index (κ1) is 25.0. The summed E-state index contributed by atoms with van der Waals surface area (Å²) in [5, 5.41) is 21.9. The highest BCUT2D eigenvalue weighted by Gasteiger charge is 2.45. The van der Waals surface area contributed by atoms with Crippen molar-refractivity contribution in [1.29, 1.82) is 0 Å². The Balaban J connectivity index is 5.75. The van der Waals surface area contributed by atoms with Crippen LogP contribution in [0.1, 0.15) is 33.6 Å². The Morgan fingerprint density at radius 3 is 2.37 bits per heavy atom. The summed E-state index contributed by atoms with van der Waals surface area (Å²) in [4.78, 5) is 27.4. The van der Waals surface area contributed by atoms with E-state index in [-0.39, 0.29) is 19.6 Å². The molecule has 0 aliphatic carbocycles. The summed E-state index contributed by atoms with van der Waals surface area (Å²) in [5.74, 6) is -5.50. The number of halogens is 1. The van der Waals surface area contributed by atoms with Crippen LogP contribution in [-0.4, -0.2) is 72.4 Å². The molecule has 0 aliphatic heterocycles. The summed E-state index contributed by atoms with van der Waals surface area (Å²) in [5.41, 5.74) is 10.8. The van der Waals surface area contributed by atoms with Crippen molar-refractivity contribution < 1.29 is 33.7 Å². The van der Waals surface area contributed by atoms with E-state index in [2.05, 4.69) is 19.8 Å². The third-order valence-corrected chi connectivity index (χ3v) is 3.98. The van der Waals surface area contributed by atoms with Crippen LogP contribution in [0.25, 0.3) is 0 Å². The van der Waals surface area contributed by atoms with Crippen molar-refractivity contribution >= 4 is 17.8 Å². The van der Waals surface area contributed by atoms with E-state index in [9.17, 15) is 24.2 Å². The predicted octanol–water partition coefficient (Wildman–Crippen LogP) is -1.22. The van der Waals surface area contributed by atoms with Gasteiger partial charge in [0.15, 0.2) is 5.96 Å². The number of aliphatic imine (C=N–C) groups is 1. The smallest absolute Gasteiger partial charge is 0.372 e. The number of ether oxygens (including phenoxy) is 2. The zero-order valence-corrected chi connectivity index (χ0v) is 16.1. The number of nitrogens with zero attached hydrogens (tertiary/aromatic N) is 1. The van der Waals surface area contributed by atoms with E-state index >= 15 is 0 Å². The minimum Gasteiger partial charge on any atom is -0.462 e. The minimum atomic E-state index is -2.86. The quantitative estimate of drug-likeness (QED) is 0.156. The van der Waals surface area contributed by atoms with Crippen molar-refractivity contribution in [3.63, 3.8) is 0 Å². The number of carbonyl (C=O) groups excluding carboxylic acids is 2. The Bertz CT molecular complexity index is 517. The lowest BCUT2D eigenvalue weighted by Crippen LogP contribution is -2.50. The van der Waals surface area contributed by atoms with Crippen molar-refractivity contribution in [2.45, 2.75) is 57.7 Å². The van der Waals surface area contributed by atoms with Gasteiger partial charge in [0.05, 0.1) is 24.8 Å². The van der Waals surface area contributed by atoms with Crippen molar-refractivity contribution in [2.75, 3.05) is 20.3 Å². The van der Waals surface area contributed by atoms with Gasteiger partial charge >= 0.3 is 11.8 Å². The fraction of sp³-hybridized carbons (Fsp3) is 0.812. The molecule has 7 N–H and O–H groups in total. The second kappa shape index (κ2) is 11.7. The van der Waals surface area contributed by atoms with Gasteiger partial charge in [0, 0.05) is 33.0 Å². The molecule has 0 aromatic carbocycles. The molecule has 0 heterocycles. The Labute approximate surface area is 158 Å². The van der Waals surface area contributed by atoms with Crippen molar-refractivity contribution in [1.82, 2.24) is 5.32 Å². The number of aliphatic hydroxyl groups excluding tert-OH is 2. The van der Waals surface area contributed by atoms with E-state index in [1.165, 1.54) is 13.8 Å². The first-order valence-electron chi connectivity index (χ1n) is 8.56. The molecule has 0 saturated heterocycles. The number of nitrogens with two attached hydrogens (primary N) is 2. The molecule has 11 heteroatoms. The first-order valence-corrected chi connectivity index (χ1v) is 8.56. The lowest BCUT2D eigenvalue weighted by molar-refractivity contribution is -0.196. The monoisotopic (exact) mass is 394 g/mol. The summed E-state index contributed by atoms with van der Waals surface area (Å²) >= 11 is 0. The molecule has 0 spiro atoms. The molecule has 27 heavy (non-hydrogen) atoms. The second-order valence-electron chi connectivity index (χ2n) is 6.25. The molecule has 1 unspecified atom stereocenters. The van der Waals surface area contributed by atoms with Gasteiger partial charge in [-0.05, 0) is 13.3 Å². The van der Waals surface area contributed by atoms with Gasteiger partial charge < -0.3 is 36.5 Å². The Hall–Kier alpha value is -1.98. The topological polar surface area (TPSA) is 169 Å². The van der Waals surface area contributed by atoms with Crippen LogP contribution in [0.5, 0.6) is 0 Å². The highest BCUT2D eigenvalue weighted by Crippen LogP contribution is 2.26. The van der Waals surface area contributed by atoms with Crippen LogP contribution in [0.2, 0.25) is 0 Å². The summed E-state index contributed by atoms with van der Waals surface area (Å²) in [6, 6.07) is -2.08. The molecular formula is C16H31FN4O6. The standard InChI is InChI=1S/C16H31FN4O6/c1-5-27-14(25)16(17,26-4)7-12(21-15(18)19)11(20-10(3)23)6-13(24)9(2)8-22/h9,11-13,22,24H,5-8H2,1-4H3,(H,20,23)(H4,18,19,21)/t9-,11+,12?,13+,16-/m1/s1. The predicted molar refractivity (Wildman–Crippen MR) is 96.2 cm³/mol. The van der Waals surface area contributed by atoms with Crippen LogP contribution >= 0.6 is 0 Å². The Morgan fingerprint density at radius 1 is 1.37 bits per heavy atom. The van der Waals surface area contributed by atoms with E-state index in [4.69, 9.17) is 11.5 Å². The molecule has 1 amide bonds. The van der Waals surface area contributed by atoms with E-state index in [0.29, 0.717) is 0 Å². The third kappa shape index (κ3) is 8.50. The molecular weight excluding hydrogens is 363 g/mol. The zero-order valence-electron chi connectivity index (χ0n) is 16.1. The molecule has 10 nitrogen and oxygen atoms in total. The van der Waals surface area contributed by atoms with Crippen molar-refractivity contribution in [3.8, 4) is 0 Å². The van der Waals surface area contributed by atoms with Gasteiger partial charge in [0.1, 0.15) is 0 Å². The number of hydrogen-bond acceptors (Lipinski definition) is 7. The fourth-order valence-corrected chi connectivity index (χ4v) is 2.41. The minimum absolute atomic E-state index is 0.0668. The molecule has 0 fully saturated rings. The molecule has 0 bridgehead atoms. The Morgan fingerprint density at radius 2 is 1.96 bits per heavy atom. The van der Waals surface area contributed by atoms with Crippen LogP contribution < -0.4 is 16.8 Å². The number of alkyl halides is 1. The number of carbonyl (C=O) groups is 2. The van der Waals surface area contributed by atoms with Gasteiger partial charge in [0.2, 0.25) is 5.91 Å². The van der Waals surface area contributed by atoms with Gasteiger partial charge in [-0.2, -0.15) is 4.39 Å². The van der Waals surface area contributed by atoms with Crippen LogP contribution in [0.3, 0.4) is 0 Å². The average molecular weight is 394 g/mol. The zero-order chi connectivity index (χ0) is 21.2. The Kier molecular flexibility index (Phi) is 10.8. The van der Waals surface area contributed by atoms with Gasteiger partial charge in [-0.1, -0.05) is 6.92 Å². The molecule has 0 rings (SSSR count). The number of amides is 1. The van der Waals surface area contributed by atoms with Crippen LogP contribution in [0.15, 0.2) is 4.99 Å². The van der Waals surface area contributed by atoms with Gasteiger partial charge in [0.25, 0.3) is 0 Å². The highest BCUT2D eigenvalue weighted by atomic mass is 19.2.